The van der Waals surface area contributed by atoms with E-state index in [0.717, 1.165) is 7.11 Å². The summed E-state index contributed by atoms with van der Waals surface area (Å²) in [5.74, 6) is -1.79. The number of aliphatic imine (C=N–C) groups is 1. The first kappa shape index (κ1) is 18.6. The molecule has 0 aliphatic rings. The second kappa shape index (κ2) is 7.58. The van der Waals surface area contributed by atoms with Gasteiger partial charge in [0.1, 0.15) is 11.8 Å². The SMILES string of the molecule is COC(=O)Oc1cccc2c(=O)c(N=Cc3ccc(C(=O)O)cc3)[n+]([O-])oc12. The second-order valence-corrected chi connectivity index (χ2v) is 5.38. The lowest BCUT2D eigenvalue weighted by molar-refractivity contribution is -0.782. The zero-order valence-corrected chi connectivity index (χ0v) is 14.3. The molecule has 3 aromatic rings. The van der Waals surface area contributed by atoms with E-state index in [4.69, 9.17) is 14.4 Å². The molecular formula is C18H12N2O8. The van der Waals surface area contributed by atoms with Crippen molar-refractivity contribution in [1.82, 2.24) is 0 Å². The molecule has 0 spiro atoms. The van der Waals surface area contributed by atoms with Gasteiger partial charge >= 0.3 is 17.9 Å². The van der Waals surface area contributed by atoms with Crippen molar-refractivity contribution in [2.24, 2.45) is 4.99 Å². The number of carboxylic acid groups (broad SMARTS) is 1. The van der Waals surface area contributed by atoms with Crippen LogP contribution in [0.25, 0.3) is 11.0 Å². The van der Waals surface area contributed by atoms with Crippen LogP contribution in [-0.2, 0) is 4.74 Å². The number of aromatic nitrogens is 1. The summed E-state index contributed by atoms with van der Waals surface area (Å²) < 4.78 is 14.3. The van der Waals surface area contributed by atoms with E-state index in [9.17, 15) is 19.6 Å². The quantitative estimate of drug-likeness (QED) is 0.311. The summed E-state index contributed by atoms with van der Waals surface area (Å²) in [6.45, 7) is 0. The number of methoxy groups -OCH3 is 1. The molecule has 1 aromatic heterocycles. The molecule has 3 rings (SSSR count). The van der Waals surface area contributed by atoms with Crippen LogP contribution in [-0.4, -0.2) is 30.6 Å². The van der Waals surface area contributed by atoms with E-state index < -0.39 is 23.4 Å². The van der Waals surface area contributed by atoms with E-state index in [1.165, 1.54) is 48.7 Å². The number of carbonyl (C=O) groups excluding carboxylic acids is 1. The molecule has 2 aromatic carbocycles. The van der Waals surface area contributed by atoms with E-state index >= 15 is 0 Å². The number of carbonyl (C=O) groups is 2. The van der Waals surface area contributed by atoms with Gasteiger partial charge in [-0.3, -0.25) is 4.79 Å². The van der Waals surface area contributed by atoms with Crippen LogP contribution in [0.3, 0.4) is 0 Å². The number of aromatic carboxylic acids is 1. The summed E-state index contributed by atoms with van der Waals surface area (Å²) in [6.07, 6.45) is 0.173. The third kappa shape index (κ3) is 3.65. The standard InChI is InChI=1S/C18H12N2O8/c1-26-18(24)27-13-4-2-3-12-14(21)16(20(25)28-15(12)13)19-9-10-5-7-11(8-6-10)17(22)23/h2-9H,1H3,(H,22,23). The number of benzene rings is 2. The molecule has 10 heteroatoms. The molecule has 0 fully saturated rings. The summed E-state index contributed by atoms with van der Waals surface area (Å²) in [5.41, 5.74) is -0.436. The topological polar surface area (TPSA) is 142 Å². The van der Waals surface area contributed by atoms with Crippen LogP contribution in [0.2, 0.25) is 0 Å². The Morgan fingerprint density at radius 1 is 1.21 bits per heavy atom. The number of ether oxygens (including phenoxy) is 2. The van der Waals surface area contributed by atoms with Gasteiger partial charge in [0.25, 0.3) is 5.43 Å². The third-order valence-electron chi connectivity index (χ3n) is 3.63. The Kier molecular flexibility index (Phi) is 5.03. The molecule has 1 N–H and O–H groups in total. The number of hydrogen-bond donors (Lipinski definition) is 1. The van der Waals surface area contributed by atoms with Crippen molar-refractivity contribution < 1.29 is 33.6 Å². The molecule has 28 heavy (non-hydrogen) atoms. The summed E-state index contributed by atoms with van der Waals surface area (Å²) >= 11 is 0. The molecule has 0 saturated carbocycles. The van der Waals surface area contributed by atoms with Crippen LogP contribution in [0, 0.1) is 5.21 Å². The molecule has 0 radical (unpaired) electrons. The highest BCUT2D eigenvalue weighted by molar-refractivity contribution is 5.90. The fourth-order valence-corrected chi connectivity index (χ4v) is 2.28. The van der Waals surface area contributed by atoms with Crippen LogP contribution in [0.5, 0.6) is 5.75 Å². The predicted molar refractivity (Wildman–Crippen MR) is 95.1 cm³/mol. The number of rotatable bonds is 4. The van der Waals surface area contributed by atoms with Crippen molar-refractivity contribution in [3.8, 4) is 5.75 Å². The van der Waals surface area contributed by atoms with Crippen molar-refractivity contribution in [2.45, 2.75) is 0 Å². The molecule has 1 heterocycles. The lowest BCUT2D eigenvalue weighted by atomic mass is 10.1. The number of hydrogen-bond acceptors (Lipinski definition) is 8. The Morgan fingerprint density at radius 2 is 1.93 bits per heavy atom. The van der Waals surface area contributed by atoms with E-state index in [2.05, 4.69) is 9.73 Å². The highest BCUT2D eigenvalue weighted by Crippen LogP contribution is 2.23. The van der Waals surface area contributed by atoms with Gasteiger partial charge in [0.05, 0.1) is 18.1 Å². The first-order valence-corrected chi connectivity index (χ1v) is 7.74. The van der Waals surface area contributed by atoms with Gasteiger partial charge in [-0.2, -0.15) is 0 Å². The van der Waals surface area contributed by atoms with E-state index in [1.54, 1.807) is 0 Å². The third-order valence-corrected chi connectivity index (χ3v) is 3.63. The van der Waals surface area contributed by atoms with E-state index in [0.29, 0.717) is 5.56 Å². The second-order valence-electron chi connectivity index (χ2n) is 5.38. The molecular weight excluding hydrogens is 372 g/mol. The van der Waals surface area contributed by atoms with Gasteiger partial charge in [0.15, 0.2) is 5.75 Å². The lowest BCUT2D eigenvalue weighted by Crippen LogP contribution is -2.32. The molecule has 142 valence electrons. The Balaban J connectivity index is 2.01. The first-order valence-electron chi connectivity index (χ1n) is 7.74. The van der Waals surface area contributed by atoms with Crippen LogP contribution < -0.4 is 15.1 Å². The smallest absolute Gasteiger partial charge is 0.478 e. The van der Waals surface area contributed by atoms with E-state index in [-0.39, 0.29) is 27.2 Å². The number of carboxylic acids is 1. The van der Waals surface area contributed by atoms with Crippen molar-refractivity contribution in [2.75, 3.05) is 7.11 Å². The molecule has 0 aliphatic heterocycles. The van der Waals surface area contributed by atoms with Gasteiger partial charge < -0.3 is 24.3 Å². The Bertz CT molecular complexity index is 1150. The molecule has 0 bridgehead atoms. The molecule has 0 atom stereocenters. The largest absolute Gasteiger partial charge is 0.513 e. The van der Waals surface area contributed by atoms with Crippen molar-refractivity contribution >= 4 is 35.1 Å². The summed E-state index contributed by atoms with van der Waals surface area (Å²) in [4.78, 5) is 38.4. The van der Waals surface area contributed by atoms with Crippen LogP contribution in [0.1, 0.15) is 15.9 Å². The van der Waals surface area contributed by atoms with Crippen LogP contribution >= 0.6 is 0 Å². The minimum Gasteiger partial charge on any atom is -0.478 e. The van der Waals surface area contributed by atoms with Crippen LogP contribution in [0.4, 0.5) is 10.6 Å². The minimum absolute atomic E-state index is 0.0260. The van der Waals surface area contributed by atoms with Gasteiger partial charge in [-0.15, -0.1) is 0 Å². The zero-order valence-electron chi connectivity index (χ0n) is 14.3. The number of para-hydroxylation sites is 1. The normalized spacial score (nSPS) is 10.9. The summed E-state index contributed by atoms with van der Waals surface area (Å²) in [6, 6.07) is 9.79. The number of nitrogens with zero attached hydrogens (tertiary/aromatic N) is 2. The van der Waals surface area contributed by atoms with Gasteiger partial charge in [0, 0.05) is 5.56 Å². The average Bonchev–Trinajstić information content (AvgIpc) is 2.68. The maximum absolute atomic E-state index is 12.6. The van der Waals surface area contributed by atoms with Gasteiger partial charge in [-0.05, 0) is 34.2 Å². The Hall–Kier alpha value is -4.21. The monoisotopic (exact) mass is 384 g/mol. The average molecular weight is 384 g/mol. The molecule has 0 amide bonds. The van der Waals surface area contributed by atoms with Crippen molar-refractivity contribution in [1.29, 1.82) is 0 Å². The number of fused-ring (bicyclic) bond motifs is 1. The first-order chi connectivity index (χ1) is 13.4. The van der Waals surface area contributed by atoms with Crippen molar-refractivity contribution in [3.63, 3.8) is 0 Å². The maximum Gasteiger partial charge on any atom is 0.513 e. The Morgan fingerprint density at radius 3 is 2.57 bits per heavy atom. The molecule has 0 aliphatic carbocycles. The minimum atomic E-state index is -1.08. The predicted octanol–water partition coefficient (Wildman–Crippen LogP) is 2.02. The summed E-state index contributed by atoms with van der Waals surface area (Å²) in [7, 11) is 1.10. The molecule has 10 nitrogen and oxygen atoms in total. The van der Waals surface area contributed by atoms with Crippen LogP contribution in [0.15, 0.2) is 56.8 Å². The molecule has 0 unspecified atom stereocenters. The fraction of sp³-hybridized carbons (Fsp3) is 0.0556. The highest BCUT2D eigenvalue weighted by atomic mass is 16.7. The maximum atomic E-state index is 12.6. The van der Waals surface area contributed by atoms with Crippen molar-refractivity contribution in [3.05, 3.63) is 69.0 Å². The molecule has 0 saturated heterocycles. The zero-order chi connectivity index (χ0) is 20.3. The lowest BCUT2D eigenvalue weighted by Gasteiger charge is -2.08. The van der Waals surface area contributed by atoms with E-state index in [1.807, 2.05) is 0 Å². The van der Waals surface area contributed by atoms with Gasteiger partial charge in [0.2, 0.25) is 0 Å². The highest BCUT2D eigenvalue weighted by Gasteiger charge is 2.18. The summed E-state index contributed by atoms with van der Waals surface area (Å²) in [5, 5.41) is 21.0. The van der Waals surface area contributed by atoms with Gasteiger partial charge in [-0.1, -0.05) is 18.2 Å². The fourth-order valence-electron chi connectivity index (χ4n) is 2.28. The Labute approximate surface area is 156 Å². The van der Waals surface area contributed by atoms with Gasteiger partial charge in [-0.25, -0.2) is 9.59 Å².